The van der Waals surface area contributed by atoms with E-state index < -0.39 is 10.0 Å². The van der Waals surface area contributed by atoms with Crippen molar-refractivity contribution in [2.45, 2.75) is 4.90 Å². The van der Waals surface area contributed by atoms with Gasteiger partial charge in [0.05, 0.1) is 7.57 Å². The molecule has 0 aliphatic rings. The number of ether oxygens (including phenoxy) is 1. The van der Waals surface area contributed by atoms with Gasteiger partial charge in [-0.15, -0.1) is 11.3 Å². The molecule has 0 bridgehead atoms. The summed E-state index contributed by atoms with van der Waals surface area (Å²) in [6.45, 7) is 0.378. The maximum absolute atomic E-state index is 12.1. The number of halogens is 2. The van der Waals surface area contributed by atoms with E-state index in [0.717, 1.165) is 3.79 Å². The van der Waals surface area contributed by atoms with Crippen molar-refractivity contribution in [1.82, 2.24) is 4.72 Å². The number of hydrogen-bond donors (Lipinski definition) is 2. The highest BCUT2D eigenvalue weighted by molar-refractivity contribution is 9.12. The summed E-state index contributed by atoms with van der Waals surface area (Å²) in [5, 5.41) is 0. The lowest BCUT2D eigenvalue weighted by Crippen LogP contribution is -2.28. The van der Waals surface area contributed by atoms with Crippen LogP contribution >= 0.6 is 43.2 Å². The Kier molecular flexibility index (Phi) is 5.67. The molecular formula is C12H12Br2N2O3S2. The van der Waals surface area contributed by atoms with Gasteiger partial charge in [-0.25, -0.2) is 13.1 Å². The molecule has 114 valence electrons. The lowest BCUT2D eigenvalue weighted by Gasteiger charge is -2.08. The van der Waals surface area contributed by atoms with E-state index in [9.17, 15) is 8.42 Å². The number of benzene rings is 1. The molecule has 2 rings (SSSR count). The number of nitrogen functional groups attached to an aromatic ring is 1. The highest BCUT2D eigenvalue weighted by atomic mass is 79.9. The summed E-state index contributed by atoms with van der Waals surface area (Å²) < 4.78 is 33.4. The molecule has 1 aromatic carbocycles. The summed E-state index contributed by atoms with van der Waals surface area (Å²) in [6.07, 6.45) is 0. The van der Waals surface area contributed by atoms with Gasteiger partial charge in [0.15, 0.2) is 0 Å². The van der Waals surface area contributed by atoms with E-state index >= 15 is 0 Å². The van der Waals surface area contributed by atoms with Gasteiger partial charge in [0.1, 0.15) is 17.3 Å². The Morgan fingerprint density at radius 1 is 1.29 bits per heavy atom. The first-order valence-corrected chi connectivity index (χ1v) is 9.70. The van der Waals surface area contributed by atoms with E-state index in [1.165, 1.54) is 11.3 Å². The number of nitrogens with one attached hydrogen (secondary N) is 1. The first-order valence-electron chi connectivity index (χ1n) is 5.81. The van der Waals surface area contributed by atoms with Crippen LogP contribution in [0.4, 0.5) is 5.69 Å². The zero-order valence-electron chi connectivity index (χ0n) is 10.7. The van der Waals surface area contributed by atoms with Crippen molar-refractivity contribution in [3.8, 4) is 5.75 Å². The standard InChI is InChI=1S/C12H12Br2N2O3S2/c13-11-7-10(12(14)20-11)21(17,18)16-4-5-19-9-3-1-2-8(15)6-9/h1-3,6-7,16H,4-5,15H2. The molecule has 0 fully saturated rings. The van der Waals surface area contributed by atoms with E-state index in [0.29, 0.717) is 15.2 Å². The second-order valence-electron chi connectivity index (χ2n) is 4.01. The molecule has 0 amide bonds. The van der Waals surface area contributed by atoms with Gasteiger partial charge < -0.3 is 10.5 Å². The molecule has 1 heterocycles. The average Bonchev–Trinajstić information content (AvgIpc) is 2.75. The average molecular weight is 456 g/mol. The zero-order chi connectivity index (χ0) is 15.5. The summed E-state index contributed by atoms with van der Waals surface area (Å²) in [5.74, 6) is 0.605. The molecule has 2 aromatic rings. The molecule has 0 aliphatic heterocycles. The fraction of sp³-hybridized carbons (Fsp3) is 0.167. The van der Waals surface area contributed by atoms with Crippen molar-refractivity contribution in [2.75, 3.05) is 18.9 Å². The van der Waals surface area contributed by atoms with E-state index in [2.05, 4.69) is 36.6 Å². The van der Waals surface area contributed by atoms with Gasteiger partial charge >= 0.3 is 0 Å². The Morgan fingerprint density at radius 3 is 2.67 bits per heavy atom. The number of thiophene rings is 1. The number of sulfonamides is 1. The highest BCUT2D eigenvalue weighted by Gasteiger charge is 2.19. The molecule has 0 atom stereocenters. The zero-order valence-corrected chi connectivity index (χ0v) is 15.5. The molecule has 3 N–H and O–H groups in total. The summed E-state index contributed by atoms with van der Waals surface area (Å²) in [6, 6.07) is 8.52. The minimum absolute atomic E-state index is 0.164. The van der Waals surface area contributed by atoms with Crippen molar-refractivity contribution in [2.24, 2.45) is 0 Å². The van der Waals surface area contributed by atoms with E-state index in [4.69, 9.17) is 10.5 Å². The predicted octanol–water partition coefficient (Wildman–Crippen LogP) is 3.21. The van der Waals surface area contributed by atoms with E-state index in [1.807, 2.05) is 0 Å². The van der Waals surface area contributed by atoms with Gasteiger partial charge in [0.25, 0.3) is 0 Å². The first kappa shape index (κ1) is 16.8. The quantitative estimate of drug-likeness (QED) is 0.517. The van der Waals surface area contributed by atoms with Crippen molar-refractivity contribution >= 4 is 58.9 Å². The minimum atomic E-state index is -3.55. The molecule has 9 heteroatoms. The summed E-state index contributed by atoms with van der Waals surface area (Å²) in [7, 11) is -3.55. The summed E-state index contributed by atoms with van der Waals surface area (Å²) in [5.41, 5.74) is 6.22. The third-order valence-electron chi connectivity index (χ3n) is 2.44. The van der Waals surface area contributed by atoms with E-state index in [-0.39, 0.29) is 18.0 Å². The first-order chi connectivity index (χ1) is 9.88. The van der Waals surface area contributed by atoms with Crippen LogP contribution in [0.25, 0.3) is 0 Å². The number of anilines is 1. The lowest BCUT2D eigenvalue weighted by atomic mass is 10.3. The third-order valence-corrected chi connectivity index (χ3v) is 6.65. The summed E-state index contributed by atoms with van der Waals surface area (Å²) in [4.78, 5) is 0.211. The van der Waals surface area contributed by atoms with Crippen LogP contribution in [0.3, 0.4) is 0 Å². The Labute approximate surface area is 143 Å². The maximum atomic E-state index is 12.1. The molecule has 21 heavy (non-hydrogen) atoms. The number of nitrogens with two attached hydrogens (primary N) is 1. The minimum Gasteiger partial charge on any atom is -0.492 e. The molecule has 0 unspecified atom stereocenters. The Hall–Kier alpha value is -0.610. The highest BCUT2D eigenvalue weighted by Crippen LogP contribution is 2.34. The van der Waals surface area contributed by atoms with Crippen molar-refractivity contribution < 1.29 is 13.2 Å². The maximum Gasteiger partial charge on any atom is 0.242 e. The molecule has 0 spiro atoms. The van der Waals surface area contributed by atoms with Crippen molar-refractivity contribution in [1.29, 1.82) is 0 Å². The van der Waals surface area contributed by atoms with Crippen LogP contribution in [0.15, 0.2) is 42.8 Å². The molecule has 0 radical (unpaired) electrons. The third kappa shape index (κ3) is 4.68. The Balaban J connectivity index is 1.89. The van der Waals surface area contributed by atoms with Crippen LogP contribution < -0.4 is 15.2 Å². The monoisotopic (exact) mass is 454 g/mol. The molecule has 0 aliphatic carbocycles. The second-order valence-corrected chi connectivity index (χ2v) is 9.49. The van der Waals surface area contributed by atoms with E-state index in [1.54, 1.807) is 30.3 Å². The number of hydrogen-bond acceptors (Lipinski definition) is 5. The fourth-order valence-corrected chi connectivity index (χ4v) is 6.36. The van der Waals surface area contributed by atoms with Gasteiger partial charge in [-0.1, -0.05) is 6.07 Å². The second kappa shape index (κ2) is 7.10. The van der Waals surface area contributed by atoms with Crippen molar-refractivity contribution in [3.63, 3.8) is 0 Å². The van der Waals surface area contributed by atoms with Gasteiger partial charge in [0, 0.05) is 18.3 Å². The SMILES string of the molecule is Nc1cccc(OCCNS(=O)(=O)c2cc(Br)sc2Br)c1. The molecular weight excluding hydrogens is 444 g/mol. The fourth-order valence-electron chi connectivity index (χ4n) is 1.54. The smallest absolute Gasteiger partial charge is 0.242 e. The summed E-state index contributed by atoms with van der Waals surface area (Å²) >= 11 is 7.79. The largest absolute Gasteiger partial charge is 0.492 e. The predicted molar refractivity (Wildman–Crippen MR) is 91.3 cm³/mol. The van der Waals surface area contributed by atoms with Crippen LogP contribution in [-0.4, -0.2) is 21.6 Å². The molecule has 5 nitrogen and oxygen atoms in total. The van der Waals surface area contributed by atoms with Gasteiger partial charge in [-0.2, -0.15) is 0 Å². The Morgan fingerprint density at radius 2 is 2.05 bits per heavy atom. The van der Waals surface area contributed by atoms with Crippen LogP contribution in [-0.2, 0) is 10.0 Å². The van der Waals surface area contributed by atoms with Crippen LogP contribution in [0, 0.1) is 0 Å². The van der Waals surface area contributed by atoms with Gasteiger partial charge in [-0.3, -0.25) is 0 Å². The van der Waals surface area contributed by atoms with Gasteiger partial charge in [0.2, 0.25) is 10.0 Å². The number of rotatable bonds is 6. The molecule has 0 saturated carbocycles. The molecule has 0 saturated heterocycles. The lowest BCUT2D eigenvalue weighted by molar-refractivity contribution is 0.323. The normalized spacial score (nSPS) is 11.5. The molecule has 1 aromatic heterocycles. The van der Waals surface area contributed by atoms with Crippen LogP contribution in [0.5, 0.6) is 5.75 Å². The van der Waals surface area contributed by atoms with Crippen LogP contribution in [0.1, 0.15) is 0 Å². The van der Waals surface area contributed by atoms with Crippen LogP contribution in [0.2, 0.25) is 0 Å². The Bertz CT molecular complexity index is 732. The van der Waals surface area contributed by atoms with Gasteiger partial charge in [-0.05, 0) is 50.1 Å². The topological polar surface area (TPSA) is 81.4 Å². The van der Waals surface area contributed by atoms with Crippen molar-refractivity contribution in [3.05, 3.63) is 37.9 Å².